The van der Waals surface area contributed by atoms with E-state index >= 15 is 0 Å². The highest BCUT2D eigenvalue weighted by Gasteiger charge is 2.11. The molecule has 2 N–H and O–H groups in total. The van der Waals surface area contributed by atoms with Crippen molar-refractivity contribution in [2.45, 2.75) is 25.9 Å². The molecule has 1 atom stereocenters. The molecule has 0 saturated heterocycles. The largest absolute Gasteiger partial charge is 0.385 e. The monoisotopic (exact) mass is 254 g/mol. The molecular weight excluding hydrogens is 232 g/mol. The Bertz CT molecular complexity index is 365. The van der Waals surface area contributed by atoms with Gasteiger partial charge in [-0.15, -0.1) is 0 Å². The minimum absolute atomic E-state index is 0.00925. The first-order valence-electron chi connectivity index (χ1n) is 6.11. The third-order valence-electron chi connectivity index (χ3n) is 2.59. The number of nitrogens with zero attached hydrogens (tertiary/aromatic N) is 2. The normalized spacial score (nSPS) is 12.4. The van der Waals surface area contributed by atoms with Gasteiger partial charge in [-0.2, -0.15) is 5.10 Å². The van der Waals surface area contributed by atoms with Crippen molar-refractivity contribution in [3.8, 4) is 0 Å². The third kappa shape index (κ3) is 5.29. The lowest BCUT2D eigenvalue weighted by Gasteiger charge is -2.13. The summed E-state index contributed by atoms with van der Waals surface area (Å²) in [5, 5.41) is 10.1. The number of hydrogen-bond acceptors (Lipinski definition) is 4. The summed E-state index contributed by atoms with van der Waals surface area (Å²) in [7, 11) is 3.52. The fourth-order valence-corrected chi connectivity index (χ4v) is 1.51. The number of ether oxygens (including phenoxy) is 1. The Labute approximate surface area is 108 Å². The van der Waals surface area contributed by atoms with Gasteiger partial charge in [0.1, 0.15) is 0 Å². The average Bonchev–Trinajstić information content (AvgIpc) is 2.77. The van der Waals surface area contributed by atoms with E-state index in [1.807, 2.05) is 20.2 Å². The summed E-state index contributed by atoms with van der Waals surface area (Å²) in [4.78, 5) is 11.7. The highest BCUT2D eigenvalue weighted by atomic mass is 16.5. The standard InChI is InChI=1S/C12H22N4O2/c1-10(12(17)13-5-4-6-18-3)14-7-11-8-15-16(2)9-11/h8-10,14H,4-7H2,1-3H3,(H,13,17). The zero-order valence-corrected chi connectivity index (χ0v) is 11.3. The molecule has 102 valence electrons. The van der Waals surface area contributed by atoms with E-state index < -0.39 is 0 Å². The van der Waals surface area contributed by atoms with Crippen molar-refractivity contribution in [3.05, 3.63) is 18.0 Å². The van der Waals surface area contributed by atoms with E-state index in [9.17, 15) is 4.79 Å². The van der Waals surface area contributed by atoms with Gasteiger partial charge >= 0.3 is 0 Å². The summed E-state index contributed by atoms with van der Waals surface area (Å²) in [5.74, 6) is 0.00925. The maximum absolute atomic E-state index is 11.7. The first-order valence-corrected chi connectivity index (χ1v) is 6.11. The fraction of sp³-hybridized carbons (Fsp3) is 0.667. The Balaban J connectivity index is 2.19. The molecule has 0 aliphatic carbocycles. The van der Waals surface area contributed by atoms with Crippen molar-refractivity contribution in [1.82, 2.24) is 20.4 Å². The Morgan fingerprint density at radius 3 is 3.00 bits per heavy atom. The summed E-state index contributed by atoms with van der Waals surface area (Å²) < 4.78 is 6.66. The molecule has 0 spiro atoms. The van der Waals surface area contributed by atoms with Gasteiger partial charge in [0, 0.05) is 45.6 Å². The van der Waals surface area contributed by atoms with Crippen LogP contribution in [0.25, 0.3) is 0 Å². The summed E-state index contributed by atoms with van der Waals surface area (Å²) in [6, 6.07) is -0.215. The molecule has 1 unspecified atom stereocenters. The molecular formula is C12H22N4O2. The molecule has 1 aromatic heterocycles. The Kier molecular flexibility index (Phi) is 6.38. The smallest absolute Gasteiger partial charge is 0.236 e. The minimum atomic E-state index is -0.215. The van der Waals surface area contributed by atoms with E-state index in [0.29, 0.717) is 19.7 Å². The van der Waals surface area contributed by atoms with Crippen LogP contribution >= 0.6 is 0 Å². The van der Waals surface area contributed by atoms with E-state index in [-0.39, 0.29) is 11.9 Å². The summed E-state index contributed by atoms with van der Waals surface area (Å²) >= 11 is 0. The number of amides is 1. The molecule has 1 rings (SSSR count). The zero-order valence-electron chi connectivity index (χ0n) is 11.3. The highest BCUT2D eigenvalue weighted by molar-refractivity contribution is 5.81. The van der Waals surface area contributed by atoms with Crippen LogP contribution in [-0.2, 0) is 23.1 Å². The van der Waals surface area contributed by atoms with Crippen LogP contribution in [0, 0.1) is 0 Å². The topological polar surface area (TPSA) is 68.2 Å². The fourth-order valence-electron chi connectivity index (χ4n) is 1.51. The van der Waals surface area contributed by atoms with Gasteiger partial charge in [-0.3, -0.25) is 9.48 Å². The number of aryl methyl sites for hydroxylation is 1. The number of nitrogens with one attached hydrogen (secondary N) is 2. The molecule has 0 radical (unpaired) electrons. The second-order valence-electron chi connectivity index (χ2n) is 4.26. The number of carbonyl (C=O) groups excluding carboxylic acids is 1. The molecule has 0 aliphatic rings. The van der Waals surface area contributed by atoms with Gasteiger partial charge in [0.2, 0.25) is 5.91 Å². The lowest BCUT2D eigenvalue weighted by Crippen LogP contribution is -2.42. The average molecular weight is 254 g/mol. The van der Waals surface area contributed by atoms with Crippen molar-refractivity contribution < 1.29 is 9.53 Å². The zero-order chi connectivity index (χ0) is 13.4. The molecule has 0 fully saturated rings. The molecule has 1 aromatic rings. The number of methoxy groups -OCH3 is 1. The van der Waals surface area contributed by atoms with Gasteiger partial charge in [-0.05, 0) is 13.3 Å². The lowest BCUT2D eigenvalue weighted by atomic mass is 10.2. The summed E-state index contributed by atoms with van der Waals surface area (Å²) in [6.07, 6.45) is 4.55. The van der Waals surface area contributed by atoms with Gasteiger partial charge < -0.3 is 15.4 Å². The van der Waals surface area contributed by atoms with Crippen molar-refractivity contribution in [1.29, 1.82) is 0 Å². The van der Waals surface area contributed by atoms with E-state index in [1.54, 1.807) is 18.0 Å². The third-order valence-corrected chi connectivity index (χ3v) is 2.59. The second kappa shape index (κ2) is 7.84. The Morgan fingerprint density at radius 2 is 2.39 bits per heavy atom. The van der Waals surface area contributed by atoms with Crippen LogP contribution in [0.5, 0.6) is 0 Å². The van der Waals surface area contributed by atoms with Crippen LogP contribution < -0.4 is 10.6 Å². The van der Waals surface area contributed by atoms with Gasteiger partial charge in [-0.1, -0.05) is 0 Å². The molecule has 0 saturated carbocycles. The molecule has 0 aromatic carbocycles. The lowest BCUT2D eigenvalue weighted by molar-refractivity contribution is -0.122. The van der Waals surface area contributed by atoms with Crippen molar-refractivity contribution >= 4 is 5.91 Å². The SMILES string of the molecule is COCCCNC(=O)C(C)NCc1cnn(C)c1. The van der Waals surface area contributed by atoms with Gasteiger partial charge in [0.05, 0.1) is 12.2 Å². The maximum atomic E-state index is 11.7. The van der Waals surface area contributed by atoms with Crippen molar-refractivity contribution in [2.75, 3.05) is 20.3 Å². The first kappa shape index (κ1) is 14.7. The van der Waals surface area contributed by atoms with Gasteiger partial charge in [0.25, 0.3) is 0 Å². The van der Waals surface area contributed by atoms with Gasteiger partial charge in [0.15, 0.2) is 0 Å². The maximum Gasteiger partial charge on any atom is 0.236 e. The highest BCUT2D eigenvalue weighted by Crippen LogP contribution is 1.96. The van der Waals surface area contributed by atoms with Crippen molar-refractivity contribution in [2.24, 2.45) is 7.05 Å². The van der Waals surface area contributed by atoms with E-state index in [4.69, 9.17) is 4.74 Å². The van der Waals surface area contributed by atoms with Crippen molar-refractivity contribution in [3.63, 3.8) is 0 Å². The molecule has 6 heteroatoms. The number of carbonyl (C=O) groups is 1. The quantitative estimate of drug-likeness (QED) is 0.643. The molecule has 1 heterocycles. The van der Waals surface area contributed by atoms with E-state index in [0.717, 1.165) is 12.0 Å². The first-order chi connectivity index (χ1) is 8.63. The minimum Gasteiger partial charge on any atom is -0.385 e. The molecule has 18 heavy (non-hydrogen) atoms. The van der Waals surface area contributed by atoms with E-state index in [1.165, 1.54) is 0 Å². The number of hydrogen-bond donors (Lipinski definition) is 2. The molecule has 1 amide bonds. The Hall–Kier alpha value is -1.40. The predicted molar refractivity (Wildman–Crippen MR) is 69.0 cm³/mol. The van der Waals surface area contributed by atoms with E-state index in [2.05, 4.69) is 15.7 Å². The number of rotatable bonds is 8. The molecule has 6 nitrogen and oxygen atoms in total. The summed E-state index contributed by atoms with van der Waals surface area (Å²) in [5.41, 5.74) is 1.07. The van der Waals surface area contributed by atoms with Crippen LogP contribution in [-0.4, -0.2) is 42.0 Å². The summed E-state index contributed by atoms with van der Waals surface area (Å²) in [6.45, 7) is 3.80. The number of aromatic nitrogens is 2. The van der Waals surface area contributed by atoms with Crippen LogP contribution in [0.4, 0.5) is 0 Å². The van der Waals surface area contributed by atoms with Crippen LogP contribution in [0.15, 0.2) is 12.4 Å². The Morgan fingerprint density at radius 1 is 1.61 bits per heavy atom. The molecule has 0 aliphatic heterocycles. The van der Waals surface area contributed by atoms with Crippen LogP contribution in [0.2, 0.25) is 0 Å². The predicted octanol–water partition coefficient (Wildman–Crippen LogP) is 0.0509. The molecule has 0 bridgehead atoms. The second-order valence-corrected chi connectivity index (χ2v) is 4.26. The van der Waals surface area contributed by atoms with Gasteiger partial charge in [-0.25, -0.2) is 0 Å². The van der Waals surface area contributed by atoms with Crippen LogP contribution in [0.1, 0.15) is 18.9 Å². The van der Waals surface area contributed by atoms with Crippen LogP contribution in [0.3, 0.4) is 0 Å².